The van der Waals surface area contributed by atoms with Crippen LogP contribution in [0.2, 0.25) is 5.02 Å². The molecular formula is C17H17ClN4O2. The molecule has 0 aliphatic rings. The summed E-state index contributed by atoms with van der Waals surface area (Å²) in [4.78, 5) is 24.4. The monoisotopic (exact) mass is 344 g/mol. The molecule has 0 bridgehead atoms. The van der Waals surface area contributed by atoms with Crippen LogP contribution >= 0.6 is 11.6 Å². The normalized spacial score (nSPS) is 11.6. The summed E-state index contributed by atoms with van der Waals surface area (Å²) < 4.78 is 1.02. The maximum absolute atomic E-state index is 12.2. The van der Waals surface area contributed by atoms with Crippen LogP contribution in [0.15, 0.2) is 29.1 Å². The van der Waals surface area contributed by atoms with E-state index in [1.807, 2.05) is 25.1 Å². The molecule has 0 spiro atoms. The Hall–Kier alpha value is -2.65. The number of hydrogen-bond donors (Lipinski definition) is 1. The Labute approximate surface area is 144 Å². The van der Waals surface area contributed by atoms with E-state index in [4.69, 9.17) is 16.9 Å². The van der Waals surface area contributed by atoms with Crippen molar-refractivity contribution in [1.29, 1.82) is 5.26 Å². The number of carbonyl (C=O) groups is 1. The predicted octanol–water partition coefficient (Wildman–Crippen LogP) is 2.26. The largest absolute Gasteiger partial charge is 0.348 e. The Kier molecular flexibility index (Phi) is 5.37. The fourth-order valence-electron chi connectivity index (χ4n) is 2.27. The number of nitrogens with one attached hydrogen (secondary N) is 1. The van der Waals surface area contributed by atoms with Gasteiger partial charge in [-0.3, -0.25) is 9.59 Å². The smallest absolute Gasteiger partial charge is 0.285 e. The first-order chi connectivity index (χ1) is 11.3. The molecule has 0 saturated heterocycles. The molecule has 124 valence electrons. The van der Waals surface area contributed by atoms with Crippen molar-refractivity contribution in [2.75, 3.05) is 0 Å². The fourth-order valence-corrected chi connectivity index (χ4v) is 2.39. The van der Waals surface area contributed by atoms with Crippen LogP contribution in [0.25, 0.3) is 0 Å². The summed E-state index contributed by atoms with van der Waals surface area (Å²) >= 11 is 5.84. The lowest BCUT2D eigenvalue weighted by Crippen LogP contribution is -2.36. The average Bonchev–Trinajstić information content (AvgIpc) is 2.53. The maximum Gasteiger partial charge on any atom is 0.285 e. The zero-order valence-corrected chi connectivity index (χ0v) is 14.4. The van der Waals surface area contributed by atoms with Crippen molar-refractivity contribution in [2.24, 2.45) is 0 Å². The standard InChI is InChI=1S/C17H17ClN4O2/c1-10-11(2)21-22(17(24)15(10)8-19)9-16(23)20-12(3)13-4-6-14(18)7-5-13/h4-7,12H,9H2,1-3H3,(H,20,23)/t12-/m0/s1. The fraction of sp³-hybridized carbons (Fsp3) is 0.294. The molecule has 0 aliphatic heterocycles. The molecule has 0 aliphatic carbocycles. The van der Waals surface area contributed by atoms with Gasteiger partial charge >= 0.3 is 0 Å². The minimum Gasteiger partial charge on any atom is -0.348 e. The highest BCUT2D eigenvalue weighted by molar-refractivity contribution is 6.30. The molecule has 2 rings (SSSR count). The number of carbonyl (C=O) groups excluding carboxylic acids is 1. The number of hydrogen-bond acceptors (Lipinski definition) is 4. The first-order valence-corrected chi connectivity index (χ1v) is 7.74. The van der Waals surface area contributed by atoms with Crippen molar-refractivity contribution in [2.45, 2.75) is 33.4 Å². The lowest BCUT2D eigenvalue weighted by atomic mass is 10.1. The van der Waals surface area contributed by atoms with Gasteiger partial charge < -0.3 is 5.32 Å². The van der Waals surface area contributed by atoms with Gasteiger partial charge in [0.05, 0.1) is 11.7 Å². The average molecular weight is 345 g/mol. The van der Waals surface area contributed by atoms with Crippen molar-refractivity contribution in [1.82, 2.24) is 15.1 Å². The third-order valence-corrected chi connectivity index (χ3v) is 4.04. The van der Waals surface area contributed by atoms with Crippen LogP contribution in [0.5, 0.6) is 0 Å². The molecule has 1 aromatic heterocycles. The third-order valence-electron chi connectivity index (χ3n) is 3.79. The molecule has 0 radical (unpaired) electrons. The molecule has 1 amide bonds. The van der Waals surface area contributed by atoms with Crippen LogP contribution < -0.4 is 10.9 Å². The van der Waals surface area contributed by atoms with Gasteiger partial charge in [-0.1, -0.05) is 23.7 Å². The zero-order valence-electron chi connectivity index (χ0n) is 13.6. The van der Waals surface area contributed by atoms with E-state index in [0.29, 0.717) is 16.3 Å². The Balaban J connectivity index is 2.16. The summed E-state index contributed by atoms with van der Waals surface area (Å²) in [5, 5.41) is 16.6. The Morgan fingerprint density at radius 1 is 1.38 bits per heavy atom. The van der Waals surface area contributed by atoms with Gasteiger partial charge in [-0.15, -0.1) is 0 Å². The van der Waals surface area contributed by atoms with E-state index in [0.717, 1.165) is 10.2 Å². The highest BCUT2D eigenvalue weighted by Crippen LogP contribution is 2.15. The predicted molar refractivity (Wildman–Crippen MR) is 90.7 cm³/mol. The molecule has 1 atom stereocenters. The molecule has 6 nitrogen and oxygen atoms in total. The van der Waals surface area contributed by atoms with Gasteiger partial charge in [0, 0.05) is 5.02 Å². The van der Waals surface area contributed by atoms with Crippen molar-refractivity contribution < 1.29 is 4.79 Å². The molecule has 0 unspecified atom stereocenters. The van der Waals surface area contributed by atoms with Gasteiger partial charge in [0.15, 0.2) is 0 Å². The summed E-state index contributed by atoms with van der Waals surface area (Å²) in [6, 6.07) is 8.76. The van der Waals surface area contributed by atoms with Crippen molar-refractivity contribution in [3.63, 3.8) is 0 Å². The van der Waals surface area contributed by atoms with Gasteiger partial charge in [0.1, 0.15) is 18.2 Å². The van der Waals surface area contributed by atoms with Gasteiger partial charge in [0.25, 0.3) is 5.56 Å². The second kappa shape index (κ2) is 7.28. The second-order valence-electron chi connectivity index (χ2n) is 5.50. The van der Waals surface area contributed by atoms with Crippen LogP contribution in [-0.2, 0) is 11.3 Å². The topological polar surface area (TPSA) is 87.8 Å². The van der Waals surface area contributed by atoms with E-state index in [1.165, 1.54) is 0 Å². The summed E-state index contributed by atoms with van der Waals surface area (Å²) in [7, 11) is 0. The number of aryl methyl sites for hydroxylation is 1. The number of rotatable bonds is 4. The molecular weight excluding hydrogens is 328 g/mol. The van der Waals surface area contributed by atoms with E-state index in [2.05, 4.69) is 10.4 Å². The Morgan fingerprint density at radius 2 is 2.00 bits per heavy atom. The highest BCUT2D eigenvalue weighted by atomic mass is 35.5. The third kappa shape index (κ3) is 3.81. The van der Waals surface area contributed by atoms with Gasteiger partial charge in [-0.25, -0.2) is 4.68 Å². The van der Waals surface area contributed by atoms with Crippen LogP contribution in [0, 0.1) is 25.2 Å². The number of aromatic nitrogens is 2. The van der Waals surface area contributed by atoms with Crippen LogP contribution in [0.4, 0.5) is 0 Å². The van der Waals surface area contributed by atoms with Crippen LogP contribution in [0.3, 0.4) is 0 Å². The number of nitriles is 1. The molecule has 1 N–H and O–H groups in total. The number of halogens is 1. The minimum atomic E-state index is -0.560. The molecule has 0 fully saturated rings. The second-order valence-corrected chi connectivity index (χ2v) is 5.94. The first kappa shape index (κ1) is 17.7. The van der Waals surface area contributed by atoms with E-state index < -0.39 is 5.56 Å². The van der Waals surface area contributed by atoms with E-state index in [-0.39, 0.29) is 24.1 Å². The summed E-state index contributed by atoms with van der Waals surface area (Å²) in [6.07, 6.45) is 0. The van der Waals surface area contributed by atoms with Gasteiger partial charge in [0.2, 0.25) is 5.91 Å². The van der Waals surface area contributed by atoms with E-state index >= 15 is 0 Å². The van der Waals surface area contributed by atoms with Gasteiger partial charge in [-0.05, 0) is 44.0 Å². The molecule has 2 aromatic rings. The Bertz CT molecular complexity index is 866. The van der Waals surface area contributed by atoms with Crippen LogP contribution in [-0.4, -0.2) is 15.7 Å². The SMILES string of the molecule is Cc1nn(CC(=O)N[C@@H](C)c2ccc(Cl)cc2)c(=O)c(C#N)c1C. The van der Waals surface area contributed by atoms with Crippen LogP contribution in [0.1, 0.15) is 35.3 Å². The van der Waals surface area contributed by atoms with Gasteiger partial charge in [-0.2, -0.15) is 10.4 Å². The molecule has 7 heteroatoms. The molecule has 24 heavy (non-hydrogen) atoms. The zero-order chi connectivity index (χ0) is 17.9. The quantitative estimate of drug-likeness (QED) is 0.921. The van der Waals surface area contributed by atoms with Crippen molar-refractivity contribution in [3.05, 3.63) is 62.0 Å². The highest BCUT2D eigenvalue weighted by Gasteiger charge is 2.15. The lowest BCUT2D eigenvalue weighted by Gasteiger charge is -2.15. The number of benzene rings is 1. The molecule has 1 heterocycles. The summed E-state index contributed by atoms with van der Waals surface area (Å²) in [5.74, 6) is -0.362. The molecule has 1 aromatic carbocycles. The Morgan fingerprint density at radius 3 is 2.58 bits per heavy atom. The van der Waals surface area contributed by atoms with E-state index in [9.17, 15) is 9.59 Å². The maximum atomic E-state index is 12.2. The molecule has 0 saturated carbocycles. The lowest BCUT2D eigenvalue weighted by molar-refractivity contribution is -0.122. The van der Waals surface area contributed by atoms with E-state index in [1.54, 1.807) is 26.0 Å². The minimum absolute atomic E-state index is 0.0149. The van der Waals surface area contributed by atoms with Crippen molar-refractivity contribution in [3.8, 4) is 6.07 Å². The number of amides is 1. The number of nitrogens with zero attached hydrogens (tertiary/aromatic N) is 3. The summed E-state index contributed by atoms with van der Waals surface area (Å²) in [6.45, 7) is 4.95. The summed E-state index contributed by atoms with van der Waals surface area (Å²) in [5.41, 5.74) is 1.43. The van der Waals surface area contributed by atoms with Crippen molar-refractivity contribution >= 4 is 17.5 Å². The first-order valence-electron chi connectivity index (χ1n) is 7.36.